The van der Waals surface area contributed by atoms with E-state index in [-0.39, 0.29) is 0 Å². The molecule has 0 amide bonds. The van der Waals surface area contributed by atoms with Crippen LogP contribution in [-0.4, -0.2) is 20.2 Å². The van der Waals surface area contributed by atoms with Crippen LogP contribution in [0.1, 0.15) is 34.1 Å². The molecule has 0 saturated heterocycles. The lowest BCUT2D eigenvalue weighted by molar-refractivity contribution is 0.311. The Morgan fingerprint density at radius 3 is 2.31 bits per heavy atom. The van der Waals surface area contributed by atoms with Gasteiger partial charge in [0, 0.05) is 7.05 Å². The Kier molecular flexibility index (Phi) is 8.41. The SMILES string of the molecule is CC.CCC.CN1CCOc2ccccc21. The molecule has 1 aromatic carbocycles. The van der Waals surface area contributed by atoms with Crippen LogP contribution in [0, 0.1) is 0 Å². The predicted molar refractivity (Wildman–Crippen MR) is 72.5 cm³/mol. The number of fused-ring (bicyclic) bond motifs is 1. The topological polar surface area (TPSA) is 12.5 Å². The Hall–Kier alpha value is -1.18. The van der Waals surface area contributed by atoms with Crippen LogP contribution in [0.25, 0.3) is 0 Å². The Bertz CT molecular complexity index is 273. The largest absolute Gasteiger partial charge is 0.490 e. The molecule has 1 aromatic rings. The van der Waals surface area contributed by atoms with Gasteiger partial charge in [-0.25, -0.2) is 0 Å². The number of benzene rings is 1. The fourth-order valence-electron chi connectivity index (χ4n) is 1.31. The van der Waals surface area contributed by atoms with Crippen LogP contribution in [0.3, 0.4) is 0 Å². The number of para-hydroxylation sites is 2. The lowest BCUT2D eigenvalue weighted by Gasteiger charge is -2.27. The first-order chi connectivity index (χ1) is 7.79. The van der Waals surface area contributed by atoms with Gasteiger partial charge in [-0.2, -0.15) is 0 Å². The summed E-state index contributed by atoms with van der Waals surface area (Å²) in [6.07, 6.45) is 1.25. The van der Waals surface area contributed by atoms with Crippen molar-refractivity contribution >= 4 is 5.69 Å². The Morgan fingerprint density at radius 1 is 1.19 bits per heavy atom. The highest BCUT2D eigenvalue weighted by Gasteiger charge is 2.12. The molecule has 0 N–H and O–H groups in total. The lowest BCUT2D eigenvalue weighted by Crippen LogP contribution is -2.28. The van der Waals surface area contributed by atoms with Crippen molar-refractivity contribution in [1.29, 1.82) is 0 Å². The van der Waals surface area contributed by atoms with E-state index in [1.54, 1.807) is 0 Å². The van der Waals surface area contributed by atoms with Crippen LogP contribution in [0.4, 0.5) is 5.69 Å². The van der Waals surface area contributed by atoms with Crippen molar-refractivity contribution in [3.63, 3.8) is 0 Å². The summed E-state index contributed by atoms with van der Waals surface area (Å²) < 4.78 is 5.45. The predicted octanol–water partition coefficient (Wildman–Crippen LogP) is 3.96. The molecule has 2 rings (SSSR count). The summed E-state index contributed by atoms with van der Waals surface area (Å²) in [5.41, 5.74) is 1.19. The van der Waals surface area contributed by atoms with Crippen molar-refractivity contribution in [3.8, 4) is 5.75 Å². The van der Waals surface area contributed by atoms with Crippen molar-refractivity contribution in [2.45, 2.75) is 34.1 Å². The first kappa shape index (κ1) is 14.8. The fraction of sp³-hybridized carbons (Fsp3) is 0.571. The molecule has 0 unspecified atom stereocenters. The molecule has 92 valence electrons. The second kappa shape index (κ2) is 9.08. The lowest BCUT2D eigenvalue weighted by atomic mass is 10.2. The van der Waals surface area contributed by atoms with E-state index in [0.29, 0.717) is 0 Å². The minimum atomic E-state index is 0.799. The third-order valence-electron chi connectivity index (χ3n) is 1.96. The minimum absolute atomic E-state index is 0.799. The molecule has 1 aliphatic rings. The minimum Gasteiger partial charge on any atom is -0.490 e. The molecule has 2 heteroatoms. The molecular weight excluding hydrogens is 198 g/mol. The van der Waals surface area contributed by atoms with Gasteiger partial charge < -0.3 is 9.64 Å². The van der Waals surface area contributed by atoms with Crippen molar-refractivity contribution in [2.75, 3.05) is 25.1 Å². The van der Waals surface area contributed by atoms with Gasteiger partial charge >= 0.3 is 0 Å². The number of anilines is 1. The number of likely N-dealkylation sites (N-methyl/N-ethyl adjacent to an activating group) is 1. The normalized spacial score (nSPS) is 12.2. The number of hydrogen-bond acceptors (Lipinski definition) is 2. The quantitative estimate of drug-likeness (QED) is 0.660. The molecule has 1 heterocycles. The summed E-state index contributed by atoms with van der Waals surface area (Å²) in [5, 5.41) is 0. The second-order valence-electron chi connectivity index (χ2n) is 3.44. The van der Waals surface area contributed by atoms with E-state index in [1.807, 2.05) is 32.0 Å². The van der Waals surface area contributed by atoms with Crippen molar-refractivity contribution in [2.24, 2.45) is 0 Å². The third-order valence-corrected chi connectivity index (χ3v) is 1.96. The molecule has 16 heavy (non-hydrogen) atoms. The zero-order chi connectivity index (χ0) is 12.4. The van der Waals surface area contributed by atoms with Crippen LogP contribution in [0.2, 0.25) is 0 Å². The zero-order valence-electron chi connectivity index (χ0n) is 11.3. The van der Waals surface area contributed by atoms with Crippen molar-refractivity contribution in [1.82, 2.24) is 0 Å². The third kappa shape index (κ3) is 4.56. The van der Waals surface area contributed by atoms with Gasteiger partial charge in [0.25, 0.3) is 0 Å². The first-order valence-electron chi connectivity index (χ1n) is 6.22. The molecule has 0 bridgehead atoms. The van der Waals surface area contributed by atoms with E-state index in [1.165, 1.54) is 12.1 Å². The number of ether oxygens (including phenoxy) is 1. The first-order valence-corrected chi connectivity index (χ1v) is 6.22. The number of hydrogen-bond donors (Lipinski definition) is 0. The maximum Gasteiger partial charge on any atom is 0.142 e. The molecule has 0 aliphatic carbocycles. The Morgan fingerprint density at radius 2 is 1.75 bits per heavy atom. The van der Waals surface area contributed by atoms with E-state index in [4.69, 9.17) is 4.74 Å². The highest BCUT2D eigenvalue weighted by molar-refractivity contribution is 5.58. The van der Waals surface area contributed by atoms with Gasteiger partial charge in [0.15, 0.2) is 0 Å². The van der Waals surface area contributed by atoms with Crippen molar-refractivity contribution < 1.29 is 4.74 Å². The van der Waals surface area contributed by atoms with Crippen LogP contribution < -0.4 is 9.64 Å². The van der Waals surface area contributed by atoms with E-state index in [2.05, 4.69) is 31.9 Å². The maximum absolute atomic E-state index is 5.45. The molecule has 0 atom stereocenters. The Labute approximate surface area is 100 Å². The summed E-state index contributed by atoms with van der Waals surface area (Å²) in [7, 11) is 2.08. The molecule has 0 saturated carbocycles. The van der Waals surface area contributed by atoms with Gasteiger partial charge in [0.2, 0.25) is 0 Å². The van der Waals surface area contributed by atoms with Gasteiger partial charge in [-0.15, -0.1) is 0 Å². The van der Waals surface area contributed by atoms with Gasteiger partial charge in [0.05, 0.1) is 12.2 Å². The van der Waals surface area contributed by atoms with Gasteiger partial charge in [-0.3, -0.25) is 0 Å². The van der Waals surface area contributed by atoms with E-state index in [9.17, 15) is 0 Å². The van der Waals surface area contributed by atoms with E-state index < -0.39 is 0 Å². The standard InChI is InChI=1S/C9H11NO.C3H8.C2H6/c1-10-6-7-11-9-5-3-2-4-8(9)10;1-3-2;1-2/h2-5H,6-7H2,1H3;3H2,1-2H3;1-2H3. The number of rotatable bonds is 0. The van der Waals surface area contributed by atoms with Gasteiger partial charge in [-0.1, -0.05) is 46.2 Å². The van der Waals surface area contributed by atoms with Crippen LogP contribution in [-0.2, 0) is 0 Å². The van der Waals surface area contributed by atoms with Gasteiger partial charge in [-0.05, 0) is 12.1 Å². The molecular formula is C14H25NO. The van der Waals surface area contributed by atoms with Crippen LogP contribution >= 0.6 is 0 Å². The molecule has 0 fully saturated rings. The van der Waals surface area contributed by atoms with Crippen LogP contribution in [0.5, 0.6) is 5.75 Å². The summed E-state index contributed by atoms with van der Waals surface area (Å²) >= 11 is 0. The number of nitrogens with zero attached hydrogens (tertiary/aromatic N) is 1. The maximum atomic E-state index is 5.45. The second-order valence-corrected chi connectivity index (χ2v) is 3.44. The summed E-state index contributed by atoms with van der Waals surface area (Å²) in [6.45, 7) is 10.0. The smallest absolute Gasteiger partial charge is 0.142 e. The average molecular weight is 223 g/mol. The highest BCUT2D eigenvalue weighted by atomic mass is 16.5. The van der Waals surface area contributed by atoms with E-state index in [0.717, 1.165) is 18.9 Å². The average Bonchev–Trinajstić information content (AvgIpc) is 2.33. The van der Waals surface area contributed by atoms with Crippen molar-refractivity contribution in [3.05, 3.63) is 24.3 Å². The molecule has 1 aliphatic heterocycles. The van der Waals surface area contributed by atoms with E-state index >= 15 is 0 Å². The molecule has 2 nitrogen and oxygen atoms in total. The molecule has 0 aromatic heterocycles. The fourth-order valence-corrected chi connectivity index (χ4v) is 1.31. The summed E-state index contributed by atoms with van der Waals surface area (Å²) in [5.74, 6) is 1.00. The van der Waals surface area contributed by atoms with Crippen LogP contribution in [0.15, 0.2) is 24.3 Å². The highest BCUT2D eigenvalue weighted by Crippen LogP contribution is 2.29. The summed E-state index contributed by atoms with van der Waals surface area (Å²) in [4.78, 5) is 2.21. The molecule has 0 radical (unpaired) electrons. The Balaban J connectivity index is 0.000000394. The molecule has 0 spiro atoms. The zero-order valence-corrected chi connectivity index (χ0v) is 11.3. The van der Waals surface area contributed by atoms with Gasteiger partial charge in [0.1, 0.15) is 12.4 Å². The monoisotopic (exact) mass is 223 g/mol. The summed E-state index contributed by atoms with van der Waals surface area (Å²) in [6, 6.07) is 8.11.